The molecule has 6 heteroatoms. The van der Waals surface area contributed by atoms with Crippen LogP contribution in [0.5, 0.6) is 0 Å². The molecule has 0 N–H and O–H groups in total. The maximum absolute atomic E-state index is 12.7. The van der Waals surface area contributed by atoms with Crippen molar-refractivity contribution < 1.29 is 9.53 Å². The Morgan fingerprint density at radius 3 is 2.54 bits per heavy atom. The SMILES string of the molecule is Cn1nccc1CN(Cc1cccc(Br)c1)C(=O)OCc1ccccc1. The van der Waals surface area contributed by atoms with E-state index in [1.165, 1.54) is 0 Å². The summed E-state index contributed by atoms with van der Waals surface area (Å²) in [5, 5.41) is 4.17. The van der Waals surface area contributed by atoms with Gasteiger partial charge in [-0.15, -0.1) is 0 Å². The van der Waals surface area contributed by atoms with Crippen LogP contribution in [0.25, 0.3) is 0 Å². The van der Waals surface area contributed by atoms with E-state index in [2.05, 4.69) is 21.0 Å². The highest BCUT2D eigenvalue weighted by Gasteiger charge is 2.18. The van der Waals surface area contributed by atoms with E-state index in [-0.39, 0.29) is 12.7 Å². The number of aryl methyl sites for hydroxylation is 1. The van der Waals surface area contributed by atoms with Gasteiger partial charge in [0.25, 0.3) is 0 Å². The topological polar surface area (TPSA) is 47.4 Å². The average molecular weight is 414 g/mol. The van der Waals surface area contributed by atoms with Crippen LogP contribution in [-0.4, -0.2) is 20.8 Å². The van der Waals surface area contributed by atoms with Gasteiger partial charge in [0.1, 0.15) is 6.61 Å². The van der Waals surface area contributed by atoms with E-state index in [1.54, 1.807) is 15.8 Å². The van der Waals surface area contributed by atoms with Crippen LogP contribution in [0.4, 0.5) is 4.79 Å². The Hall–Kier alpha value is -2.60. The van der Waals surface area contributed by atoms with E-state index in [0.717, 1.165) is 21.3 Å². The summed E-state index contributed by atoms with van der Waals surface area (Å²) in [4.78, 5) is 14.4. The second-order valence-electron chi connectivity index (χ2n) is 5.97. The summed E-state index contributed by atoms with van der Waals surface area (Å²) < 4.78 is 8.27. The molecule has 3 aromatic rings. The van der Waals surface area contributed by atoms with Gasteiger partial charge in [-0.1, -0.05) is 58.4 Å². The molecule has 26 heavy (non-hydrogen) atoms. The summed E-state index contributed by atoms with van der Waals surface area (Å²) >= 11 is 3.47. The molecule has 0 saturated heterocycles. The van der Waals surface area contributed by atoms with E-state index in [0.29, 0.717) is 13.1 Å². The van der Waals surface area contributed by atoms with Crippen molar-refractivity contribution in [3.05, 3.63) is 88.2 Å². The third-order valence-electron chi connectivity index (χ3n) is 4.00. The van der Waals surface area contributed by atoms with Crippen molar-refractivity contribution >= 4 is 22.0 Å². The molecule has 5 nitrogen and oxygen atoms in total. The molecule has 0 aliphatic heterocycles. The first-order valence-electron chi connectivity index (χ1n) is 8.29. The number of aromatic nitrogens is 2. The van der Waals surface area contributed by atoms with Crippen molar-refractivity contribution in [1.82, 2.24) is 14.7 Å². The molecule has 1 heterocycles. The van der Waals surface area contributed by atoms with Crippen molar-refractivity contribution in [2.45, 2.75) is 19.7 Å². The van der Waals surface area contributed by atoms with E-state index >= 15 is 0 Å². The number of rotatable bonds is 6. The fourth-order valence-corrected chi connectivity index (χ4v) is 3.05. The molecule has 0 unspecified atom stereocenters. The van der Waals surface area contributed by atoms with Crippen molar-refractivity contribution in [1.29, 1.82) is 0 Å². The second kappa shape index (κ2) is 8.67. The van der Waals surface area contributed by atoms with Gasteiger partial charge < -0.3 is 4.74 Å². The molecule has 1 aromatic heterocycles. The average Bonchev–Trinajstić information content (AvgIpc) is 3.05. The lowest BCUT2D eigenvalue weighted by Crippen LogP contribution is -2.31. The molecule has 134 valence electrons. The van der Waals surface area contributed by atoms with Crippen LogP contribution in [0.3, 0.4) is 0 Å². The molecule has 0 saturated carbocycles. The van der Waals surface area contributed by atoms with Crippen LogP contribution in [0, 0.1) is 0 Å². The summed E-state index contributed by atoms with van der Waals surface area (Å²) in [6.45, 7) is 1.13. The van der Waals surface area contributed by atoms with Gasteiger partial charge in [-0.3, -0.25) is 9.58 Å². The Kier molecular flexibility index (Phi) is 6.07. The number of ether oxygens (including phenoxy) is 1. The zero-order valence-corrected chi connectivity index (χ0v) is 16.1. The highest BCUT2D eigenvalue weighted by molar-refractivity contribution is 9.10. The van der Waals surface area contributed by atoms with Gasteiger partial charge in [-0.05, 0) is 29.3 Å². The van der Waals surface area contributed by atoms with Crippen molar-refractivity contribution in [2.24, 2.45) is 7.05 Å². The zero-order chi connectivity index (χ0) is 18.4. The van der Waals surface area contributed by atoms with Crippen molar-refractivity contribution in [3.63, 3.8) is 0 Å². The molecule has 0 aliphatic rings. The summed E-state index contributed by atoms with van der Waals surface area (Å²) in [5.74, 6) is 0. The summed E-state index contributed by atoms with van der Waals surface area (Å²) in [7, 11) is 1.86. The van der Waals surface area contributed by atoms with Crippen LogP contribution in [0.2, 0.25) is 0 Å². The molecule has 0 spiro atoms. The first-order valence-corrected chi connectivity index (χ1v) is 9.08. The van der Waals surface area contributed by atoms with E-state index in [4.69, 9.17) is 4.74 Å². The first-order chi connectivity index (χ1) is 12.6. The number of hydrogen-bond acceptors (Lipinski definition) is 3. The van der Waals surface area contributed by atoms with Crippen LogP contribution >= 0.6 is 15.9 Å². The Labute approximate surface area is 161 Å². The quantitative estimate of drug-likeness (QED) is 0.596. The van der Waals surface area contributed by atoms with Crippen LogP contribution in [-0.2, 0) is 31.5 Å². The largest absolute Gasteiger partial charge is 0.445 e. The van der Waals surface area contributed by atoms with Gasteiger partial charge in [0, 0.05) is 24.3 Å². The van der Waals surface area contributed by atoms with Gasteiger partial charge in [-0.2, -0.15) is 5.10 Å². The van der Waals surface area contributed by atoms with Gasteiger partial charge in [-0.25, -0.2) is 4.79 Å². The number of benzene rings is 2. The number of nitrogens with zero attached hydrogens (tertiary/aromatic N) is 3. The number of halogens is 1. The Bertz CT molecular complexity index is 864. The molecular formula is C20H20BrN3O2. The first kappa shape index (κ1) is 18.2. The highest BCUT2D eigenvalue weighted by Crippen LogP contribution is 2.16. The predicted molar refractivity (Wildman–Crippen MR) is 103 cm³/mol. The fourth-order valence-electron chi connectivity index (χ4n) is 2.60. The van der Waals surface area contributed by atoms with Crippen LogP contribution in [0.1, 0.15) is 16.8 Å². The highest BCUT2D eigenvalue weighted by atomic mass is 79.9. The second-order valence-corrected chi connectivity index (χ2v) is 6.89. The minimum atomic E-state index is -0.352. The van der Waals surface area contributed by atoms with Gasteiger partial charge in [0.15, 0.2) is 0 Å². The maximum Gasteiger partial charge on any atom is 0.410 e. The number of carbonyl (C=O) groups excluding carboxylic acids is 1. The third kappa shape index (κ3) is 4.95. The number of carbonyl (C=O) groups is 1. The lowest BCUT2D eigenvalue weighted by atomic mass is 10.2. The van der Waals surface area contributed by atoms with Crippen LogP contribution in [0.15, 0.2) is 71.3 Å². The Morgan fingerprint density at radius 1 is 1.08 bits per heavy atom. The smallest absolute Gasteiger partial charge is 0.410 e. The molecule has 0 bridgehead atoms. The molecule has 0 aliphatic carbocycles. The maximum atomic E-state index is 12.7. The van der Waals surface area contributed by atoms with E-state index < -0.39 is 0 Å². The Balaban J connectivity index is 1.73. The van der Waals surface area contributed by atoms with E-state index in [9.17, 15) is 4.79 Å². The fraction of sp³-hybridized carbons (Fsp3) is 0.200. The summed E-state index contributed by atoms with van der Waals surface area (Å²) in [6.07, 6.45) is 1.37. The lowest BCUT2D eigenvalue weighted by Gasteiger charge is -2.22. The summed E-state index contributed by atoms with van der Waals surface area (Å²) in [6, 6.07) is 19.5. The molecule has 3 rings (SSSR count). The molecule has 0 fully saturated rings. The Morgan fingerprint density at radius 2 is 1.85 bits per heavy atom. The number of amides is 1. The predicted octanol–water partition coefficient (Wildman–Crippen LogP) is 4.52. The normalized spacial score (nSPS) is 10.5. The lowest BCUT2D eigenvalue weighted by molar-refractivity contribution is 0.0902. The minimum Gasteiger partial charge on any atom is -0.445 e. The zero-order valence-electron chi connectivity index (χ0n) is 14.5. The van der Waals surface area contributed by atoms with Gasteiger partial charge >= 0.3 is 6.09 Å². The minimum absolute atomic E-state index is 0.250. The van der Waals surface area contributed by atoms with Crippen LogP contribution < -0.4 is 0 Å². The molecule has 0 radical (unpaired) electrons. The monoisotopic (exact) mass is 413 g/mol. The van der Waals surface area contributed by atoms with Crippen molar-refractivity contribution in [3.8, 4) is 0 Å². The molecular weight excluding hydrogens is 394 g/mol. The molecule has 1 amide bonds. The van der Waals surface area contributed by atoms with Crippen molar-refractivity contribution in [2.75, 3.05) is 0 Å². The standard InChI is InChI=1S/C20H20BrN3O2/c1-23-19(10-11-22-23)14-24(13-17-8-5-9-18(21)12-17)20(25)26-15-16-6-3-2-4-7-16/h2-12H,13-15H2,1H3. The molecule has 2 aromatic carbocycles. The van der Waals surface area contributed by atoms with Gasteiger partial charge in [0.05, 0.1) is 12.2 Å². The molecule has 0 atom stereocenters. The van der Waals surface area contributed by atoms with E-state index in [1.807, 2.05) is 67.7 Å². The summed E-state index contributed by atoms with van der Waals surface area (Å²) in [5.41, 5.74) is 2.93. The third-order valence-corrected chi connectivity index (χ3v) is 4.49. The van der Waals surface area contributed by atoms with Gasteiger partial charge in [0.2, 0.25) is 0 Å². The number of hydrogen-bond donors (Lipinski definition) is 0.